The summed E-state index contributed by atoms with van der Waals surface area (Å²) in [4.78, 5) is 12.1. The van der Waals surface area contributed by atoms with Crippen LogP contribution in [0.25, 0.3) is 0 Å². The van der Waals surface area contributed by atoms with E-state index in [1.54, 1.807) is 24.3 Å². The summed E-state index contributed by atoms with van der Waals surface area (Å²) in [5, 5.41) is 0.550. The molecule has 0 amide bonds. The Morgan fingerprint density at radius 1 is 1.10 bits per heavy atom. The molecule has 6 heteroatoms. The van der Waals surface area contributed by atoms with Crippen LogP contribution in [0, 0.1) is 10.7 Å². The number of hydrogen-bond acceptors (Lipinski definition) is 2. The molecule has 0 bridgehead atoms. The van der Waals surface area contributed by atoms with Gasteiger partial charge < -0.3 is 4.74 Å². The van der Waals surface area contributed by atoms with Crippen molar-refractivity contribution in [3.8, 4) is 5.75 Å². The van der Waals surface area contributed by atoms with E-state index >= 15 is 0 Å². The molecule has 2 nitrogen and oxygen atoms in total. The standard InChI is InChI=1S/C14H8ClI3O2/c15-9-3-1-2-8(4-9)13(19)7-20-14-11(17)5-10(16)6-12(14)18/h1-6H,7H2. The highest BCUT2D eigenvalue weighted by Gasteiger charge is 2.12. The lowest BCUT2D eigenvalue weighted by atomic mass is 10.1. The minimum Gasteiger partial charge on any atom is -0.483 e. The summed E-state index contributed by atoms with van der Waals surface area (Å²) in [5.41, 5.74) is 0.563. The largest absolute Gasteiger partial charge is 0.483 e. The van der Waals surface area contributed by atoms with Gasteiger partial charge in [-0.1, -0.05) is 23.7 Å². The third-order valence-corrected chi connectivity index (χ3v) is 4.92. The lowest BCUT2D eigenvalue weighted by molar-refractivity contribution is 0.0920. The molecular formula is C14H8ClI3O2. The highest BCUT2D eigenvalue weighted by Crippen LogP contribution is 2.29. The molecule has 0 unspecified atom stereocenters. The predicted molar refractivity (Wildman–Crippen MR) is 106 cm³/mol. The molecule has 0 spiro atoms. The topological polar surface area (TPSA) is 26.3 Å². The Morgan fingerprint density at radius 3 is 2.35 bits per heavy atom. The van der Waals surface area contributed by atoms with Crippen LogP contribution in [0.1, 0.15) is 10.4 Å². The van der Waals surface area contributed by atoms with Crippen molar-refractivity contribution >= 4 is 85.2 Å². The van der Waals surface area contributed by atoms with Crippen LogP contribution in [-0.2, 0) is 0 Å². The van der Waals surface area contributed by atoms with Gasteiger partial charge in [0.15, 0.2) is 12.4 Å². The van der Waals surface area contributed by atoms with Gasteiger partial charge in [-0.2, -0.15) is 0 Å². The van der Waals surface area contributed by atoms with Crippen LogP contribution in [0.15, 0.2) is 36.4 Å². The van der Waals surface area contributed by atoms with E-state index in [0.29, 0.717) is 10.6 Å². The third-order valence-electron chi connectivity index (χ3n) is 2.46. The van der Waals surface area contributed by atoms with Crippen molar-refractivity contribution in [3.05, 3.63) is 57.7 Å². The molecule has 2 rings (SSSR count). The predicted octanol–water partition coefficient (Wildman–Crippen LogP) is 5.42. The van der Waals surface area contributed by atoms with Gasteiger partial charge in [-0.05, 0) is 92.0 Å². The van der Waals surface area contributed by atoms with Gasteiger partial charge in [-0.15, -0.1) is 0 Å². The fourth-order valence-corrected chi connectivity index (χ4v) is 5.63. The molecule has 0 fully saturated rings. The summed E-state index contributed by atoms with van der Waals surface area (Å²) in [7, 11) is 0. The van der Waals surface area contributed by atoms with Crippen molar-refractivity contribution in [2.24, 2.45) is 0 Å². The third kappa shape index (κ3) is 4.44. The second-order valence-corrected chi connectivity index (χ2v) is 7.93. The summed E-state index contributed by atoms with van der Waals surface area (Å²) in [6.07, 6.45) is 0. The Kier molecular flexibility index (Phi) is 6.36. The van der Waals surface area contributed by atoms with Gasteiger partial charge >= 0.3 is 0 Å². The molecular weight excluding hydrogens is 616 g/mol. The number of hydrogen-bond donors (Lipinski definition) is 0. The van der Waals surface area contributed by atoms with E-state index in [1.165, 1.54) is 0 Å². The second-order valence-electron chi connectivity index (χ2n) is 3.92. The highest BCUT2D eigenvalue weighted by molar-refractivity contribution is 14.1. The molecule has 2 aromatic carbocycles. The molecule has 104 valence electrons. The molecule has 0 saturated carbocycles. The fourth-order valence-electron chi connectivity index (χ4n) is 1.55. The molecule has 0 aliphatic rings. The maximum Gasteiger partial charge on any atom is 0.200 e. The Morgan fingerprint density at radius 2 is 1.75 bits per heavy atom. The van der Waals surface area contributed by atoms with Crippen molar-refractivity contribution in [2.45, 2.75) is 0 Å². The van der Waals surface area contributed by atoms with E-state index in [9.17, 15) is 4.79 Å². The second kappa shape index (κ2) is 7.59. The Hall–Kier alpha value is 0.390. The minimum atomic E-state index is -0.0855. The van der Waals surface area contributed by atoms with E-state index < -0.39 is 0 Å². The quantitative estimate of drug-likeness (QED) is 0.336. The van der Waals surface area contributed by atoms with E-state index in [0.717, 1.165) is 16.5 Å². The van der Waals surface area contributed by atoms with Crippen LogP contribution in [-0.4, -0.2) is 12.4 Å². The molecule has 0 heterocycles. The number of ketones is 1. The smallest absolute Gasteiger partial charge is 0.200 e. The summed E-state index contributed by atoms with van der Waals surface area (Å²) in [6, 6.07) is 10.9. The van der Waals surface area contributed by atoms with Gasteiger partial charge in [0.05, 0.1) is 7.14 Å². The van der Waals surface area contributed by atoms with E-state index in [-0.39, 0.29) is 12.4 Å². The molecule has 0 aromatic heterocycles. The number of ether oxygens (including phenoxy) is 1. The number of halogens is 4. The van der Waals surface area contributed by atoms with E-state index in [1.807, 2.05) is 12.1 Å². The zero-order chi connectivity index (χ0) is 14.7. The first kappa shape index (κ1) is 16.8. The van der Waals surface area contributed by atoms with Gasteiger partial charge in [0.1, 0.15) is 5.75 Å². The summed E-state index contributed by atoms with van der Waals surface area (Å²) in [6.45, 7) is 0.00688. The van der Waals surface area contributed by atoms with Crippen molar-refractivity contribution in [2.75, 3.05) is 6.61 Å². The minimum absolute atomic E-state index is 0.00688. The molecule has 0 radical (unpaired) electrons. The van der Waals surface area contributed by atoms with Crippen molar-refractivity contribution < 1.29 is 9.53 Å². The first-order valence-electron chi connectivity index (χ1n) is 5.53. The average Bonchev–Trinajstić information content (AvgIpc) is 2.37. The molecule has 0 saturated heterocycles. The van der Waals surface area contributed by atoms with E-state index in [4.69, 9.17) is 16.3 Å². The van der Waals surface area contributed by atoms with Crippen LogP contribution in [0.4, 0.5) is 0 Å². The maximum atomic E-state index is 12.1. The summed E-state index contributed by atoms with van der Waals surface area (Å²) >= 11 is 12.6. The molecule has 0 aliphatic heterocycles. The van der Waals surface area contributed by atoms with Crippen molar-refractivity contribution in [3.63, 3.8) is 0 Å². The Balaban J connectivity index is 2.11. The molecule has 0 N–H and O–H groups in total. The highest BCUT2D eigenvalue weighted by atomic mass is 127. The summed E-state index contributed by atoms with van der Waals surface area (Å²) < 4.78 is 8.81. The van der Waals surface area contributed by atoms with Crippen LogP contribution in [0.5, 0.6) is 5.75 Å². The summed E-state index contributed by atoms with van der Waals surface area (Å²) in [5.74, 6) is 0.666. The number of Topliss-reactive ketones (excluding diaryl/α,β-unsaturated/α-hetero) is 1. The zero-order valence-corrected chi connectivity index (χ0v) is 17.2. The van der Waals surface area contributed by atoms with Crippen LogP contribution in [0.2, 0.25) is 5.02 Å². The lowest BCUT2D eigenvalue weighted by Crippen LogP contribution is -2.12. The SMILES string of the molecule is O=C(COc1c(I)cc(I)cc1I)c1cccc(Cl)c1. The van der Waals surface area contributed by atoms with Crippen LogP contribution < -0.4 is 4.74 Å². The van der Waals surface area contributed by atoms with Gasteiger partial charge in [-0.3, -0.25) is 4.79 Å². The van der Waals surface area contributed by atoms with Gasteiger partial charge in [-0.25, -0.2) is 0 Å². The average molecular weight is 624 g/mol. The first-order chi connectivity index (χ1) is 9.47. The normalized spacial score (nSPS) is 10.4. The van der Waals surface area contributed by atoms with E-state index in [2.05, 4.69) is 67.8 Å². The van der Waals surface area contributed by atoms with Crippen LogP contribution >= 0.6 is 79.4 Å². The van der Waals surface area contributed by atoms with Crippen LogP contribution in [0.3, 0.4) is 0 Å². The number of benzene rings is 2. The monoisotopic (exact) mass is 624 g/mol. The molecule has 2 aromatic rings. The molecule has 0 atom stereocenters. The molecule has 20 heavy (non-hydrogen) atoms. The Bertz CT molecular complexity index is 636. The van der Waals surface area contributed by atoms with Gasteiger partial charge in [0.2, 0.25) is 0 Å². The fraction of sp³-hybridized carbons (Fsp3) is 0.0714. The number of carbonyl (C=O) groups is 1. The number of rotatable bonds is 4. The first-order valence-corrected chi connectivity index (χ1v) is 9.15. The zero-order valence-electron chi connectivity index (χ0n) is 10.00. The Labute approximate surface area is 163 Å². The van der Waals surface area contributed by atoms with Gasteiger partial charge in [0, 0.05) is 14.2 Å². The maximum absolute atomic E-state index is 12.1. The van der Waals surface area contributed by atoms with Crippen molar-refractivity contribution in [1.82, 2.24) is 0 Å². The lowest BCUT2D eigenvalue weighted by Gasteiger charge is -2.10. The molecule has 0 aliphatic carbocycles. The number of carbonyl (C=O) groups excluding carboxylic acids is 1. The van der Waals surface area contributed by atoms with Crippen molar-refractivity contribution in [1.29, 1.82) is 0 Å². The van der Waals surface area contributed by atoms with Gasteiger partial charge in [0.25, 0.3) is 0 Å².